The molecule has 2 aromatic rings. The molecule has 0 aliphatic carbocycles. The van der Waals surface area contributed by atoms with E-state index in [9.17, 15) is 12.8 Å². The predicted octanol–water partition coefficient (Wildman–Crippen LogP) is 3.73. The first-order valence-electron chi connectivity index (χ1n) is 5.32. The highest BCUT2D eigenvalue weighted by Gasteiger charge is 2.18. The summed E-state index contributed by atoms with van der Waals surface area (Å²) in [5.41, 5.74) is 6.02. The molecule has 0 heterocycles. The molecule has 3 N–H and O–H groups in total. The number of nitrogens with one attached hydrogen (secondary N) is 1. The van der Waals surface area contributed by atoms with Gasteiger partial charge in [-0.1, -0.05) is 0 Å². The third-order valence-electron chi connectivity index (χ3n) is 2.42. The molecular weight excluding hydrogens is 415 g/mol. The van der Waals surface area contributed by atoms with E-state index in [4.69, 9.17) is 5.73 Å². The van der Waals surface area contributed by atoms with Crippen LogP contribution in [0, 0.1) is 5.82 Å². The highest BCUT2D eigenvalue weighted by atomic mass is 79.9. The van der Waals surface area contributed by atoms with Gasteiger partial charge in [0, 0.05) is 10.2 Å². The number of rotatable bonds is 3. The van der Waals surface area contributed by atoms with Crippen molar-refractivity contribution in [3.8, 4) is 0 Å². The SMILES string of the molecule is Nc1ccc(Br)c(S(=O)(=O)Nc2ccc(Br)c(F)c2)c1. The molecule has 106 valence electrons. The van der Waals surface area contributed by atoms with Crippen molar-refractivity contribution in [2.45, 2.75) is 4.90 Å². The van der Waals surface area contributed by atoms with Gasteiger partial charge >= 0.3 is 0 Å². The van der Waals surface area contributed by atoms with Crippen LogP contribution in [0.3, 0.4) is 0 Å². The summed E-state index contributed by atoms with van der Waals surface area (Å²) in [6.45, 7) is 0. The zero-order valence-electron chi connectivity index (χ0n) is 9.90. The molecule has 0 fully saturated rings. The fourth-order valence-electron chi connectivity index (χ4n) is 1.50. The smallest absolute Gasteiger partial charge is 0.263 e. The number of nitrogen functional groups attached to an aromatic ring is 1. The van der Waals surface area contributed by atoms with Crippen molar-refractivity contribution in [2.24, 2.45) is 0 Å². The Balaban J connectivity index is 2.40. The van der Waals surface area contributed by atoms with Crippen LogP contribution in [0.4, 0.5) is 15.8 Å². The number of nitrogens with two attached hydrogens (primary N) is 1. The first-order valence-corrected chi connectivity index (χ1v) is 8.39. The molecule has 2 aromatic carbocycles. The van der Waals surface area contributed by atoms with E-state index in [-0.39, 0.29) is 15.1 Å². The number of sulfonamides is 1. The molecule has 0 aliphatic rings. The maximum atomic E-state index is 13.4. The lowest BCUT2D eigenvalue weighted by atomic mass is 10.3. The number of hydrogen-bond donors (Lipinski definition) is 2. The fraction of sp³-hybridized carbons (Fsp3) is 0. The highest BCUT2D eigenvalue weighted by molar-refractivity contribution is 9.10. The highest BCUT2D eigenvalue weighted by Crippen LogP contribution is 2.27. The van der Waals surface area contributed by atoms with Crippen molar-refractivity contribution < 1.29 is 12.8 Å². The van der Waals surface area contributed by atoms with Crippen LogP contribution in [-0.4, -0.2) is 8.42 Å². The van der Waals surface area contributed by atoms with Gasteiger partial charge in [-0.25, -0.2) is 12.8 Å². The van der Waals surface area contributed by atoms with Gasteiger partial charge in [-0.3, -0.25) is 4.72 Å². The van der Waals surface area contributed by atoms with Gasteiger partial charge < -0.3 is 5.73 Å². The summed E-state index contributed by atoms with van der Waals surface area (Å²) in [5.74, 6) is -0.558. The zero-order valence-corrected chi connectivity index (χ0v) is 13.9. The molecule has 0 unspecified atom stereocenters. The Hall–Kier alpha value is -1.12. The van der Waals surface area contributed by atoms with Crippen LogP contribution in [0.1, 0.15) is 0 Å². The molecule has 0 amide bonds. The summed E-state index contributed by atoms with van der Waals surface area (Å²) in [6, 6.07) is 8.38. The summed E-state index contributed by atoms with van der Waals surface area (Å²) < 4.78 is 40.8. The van der Waals surface area contributed by atoms with Crippen LogP contribution in [0.5, 0.6) is 0 Å². The van der Waals surface area contributed by atoms with Gasteiger partial charge in [-0.2, -0.15) is 0 Å². The van der Waals surface area contributed by atoms with Crippen LogP contribution < -0.4 is 10.5 Å². The standard InChI is InChI=1S/C12H9Br2FN2O2S/c13-9-4-2-8(6-11(9)15)17-20(18,19)12-5-7(16)1-3-10(12)14/h1-6,17H,16H2. The molecule has 0 saturated carbocycles. The van der Waals surface area contributed by atoms with Gasteiger partial charge in [0.2, 0.25) is 0 Å². The minimum atomic E-state index is -3.85. The second kappa shape index (κ2) is 5.71. The fourth-order valence-corrected chi connectivity index (χ4v) is 3.79. The van der Waals surface area contributed by atoms with Gasteiger partial charge in [0.1, 0.15) is 10.7 Å². The summed E-state index contributed by atoms with van der Waals surface area (Å²) in [5, 5.41) is 0. The van der Waals surface area contributed by atoms with Gasteiger partial charge in [0.05, 0.1) is 10.2 Å². The second-order valence-corrected chi connectivity index (χ2v) is 7.28. The lowest BCUT2D eigenvalue weighted by molar-refractivity contribution is 0.600. The molecule has 0 saturated heterocycles. The van der Waals surface area contributed by atoms with Crippen LogP contribution >= 0.6 is 31.9 Å². The number of halogens is 3. The Labute approximate surface area is 132 Å². The van der Waals surface area contributed by atoms with Crippen molar-refractivity contribution in [1.82, 2.24) is 0 Å². The van der Waals surface area contributed by atoms with Gasteiger partial charge in [-0.05, 0) is 68.3 Å². The molecule has 0 radical (unpaired) electrons. The number of anilines is 2. The van der Waals surface area contributed by atoms with E-state index >= 15 is 0 Å². The Morgan fingerprint density at radius 2 is 1.70 bits per heavy atom. The summed E-state index contributed by atoms with van der Waals surface area (Å²) in [7, 11) is -3.85. The average molecular weight is 424 g/mol. The Morgan fingerprint density at radius 3 is 2.35 bits per heavy atom. The molecule has 4 nitrogen and oxygen atoms in total. The number of benzene rings is 2. The average Bonchev–Trinajstić information content (AvgIpc) is 2.36. The molecule has 0 aliphatic heterocycles. The zero-order chi connectivity index (χ0) is 14.9. The van der Waals surface area contributed by atoms with Crippen molar-refractivity contribution in [3.63, 3.8) is 0 Å². The van der Waals surface area contributed by atoms with E-state index in [2.05, 4.69) is 36.6 Å². The van der Waals surface area contributed by atoms with Gasteiger partial charge in [0.25, 0.3) is 10.0 Å². The van der Waals surface area contributed by atoms with Crippen LogP contribution in [-0.2, 0) is 10.0 Å². The first kappa shape index (κ1) is 15.3. The van der Waals surface area contributed by atoms with Gasteiger partial charge in [-0.15, -0.1) is 0 Å². The van der Waals surface area contributed by atoms with E-state index < -0.39 is 15.8 Å². The quantitative estimate of drug-likeness (QED) is 0.738. The lowest BCUT2D eigenvalue weighted by Crippen LogP contribution is -2.14. The monoisotopic (exact) mass is 422 g/mol. The molecule has 0 bridgehead atoms. The van der Waals surface area contributed by atoms with E-state index in [1.54, 1.807) is 6.07 Å². The third-order valence-corrected chi connectivity index (χ3v) is 5.43. The van der Waals surface area contributed by atoms with Gasteiger partial charge in [0.15, 0.2) is 0 Å². The number of hydrogen-bond acceptors (Lipinski definition) is 3. The summed E-state index contributed by atoms with van der Waals surface area (Å²) in [4.78, 5) is -0.0131. The molecule has 2 rings (SSSR count). The summed E-state index contributed by atoms with van der Waals surface area (Å²) >= 11 is 6.15. The molecule has 8 heteroatoms. The van der Waals surface area contributed by atoms with E-state index in [0.29, 0.717) is 10.2 Å². The maximum Gasteiger partial charge on any atom is 0.263 e. The van der Waals surface area contributed by atoms with E-state index in [0.717, 1.165) is 6.07 Å². The Kier molecular flexibility index (Phi) is 4.36. The lowest BCUT2D eigenvalue weighted by Gasteiger charge is -2.10. The Bertz CT molecular complexity index is 766. The normalized spacial score (nSPS) is 11.3. The molecule has 0 atom stereocenters. The van der Waals surface area contributed by atoms with Crippen molar-refractivity contribution >= 4 is 53.3 Å². The Morgan fingerprint density at radius 1 is 1.05 bits per heavy atom. The third kappa shape index (κ3) is 3.31. The first-order chi connectivity index (χ1) is 9.29. The van der Waals surface area contributed by atoms with Crippen molar-refractivity contribution in [3.05, 3.63) is 51.2 Å². The predicted molar refractivity (Wildman–Crippen MR) is 83.5 cm³/mol. The minimum absolute atomic E-state index is 0.0131. The van der Waals surface area contributed by atoms with Crippen LogP contribution in [0.2, 0.25) is 0 Å². The molecule has 0 aromatic heterocycles. The van der Waals surface area contributed by atoms with Crippen LogP contribution in [0.25, 0.3) is 0 Å². The second-order valence-electron chi connectivity index (χ2n) is 3.92. The van der Waals surface area contributed by atoms with E-state index in [1.807, 2.05) is 0 Å². The van der Waals surface area contributed by atoms with E-state index in [1.165, 1.54) is 24.3 Å². The largest absolute Gasteiger partial charge is 0.399 e. The molecule has 0 spiro atoms. The molecular formula is C12H9Br2FN2O2S. The summed E-state index contributed by atoms with van der Waals surface area (Å²) in [6.07, 6.45) is 0. The minimum Gasteiger partial charge on any atom is -0.399 e. The molecule has 20 heavy (non-hydrogen) atoms. The van der Waals surface area contributed by atoms with Crippen LogP contribution in [0.15, 0.2) is 50.2 Å². The van der Waals surface area contributed by atoms with Crippen molar-refractivity contribution in [1.29, 1.82) is 0 Å². The van der Waals surface area contributed by atoms with Crippen molar-refractivity contribution in [2.75, 3.05) is 10.5 Å². The maximum absolute atomic E-state index is 13.4. The topological polar surface area (TPSA) is 72.2 Å².